The third kappa shape index (κ3) is 4.35. The van der Waals surface area contributed by atoms with E-state index in [2.05, 4.69) is 4.98 Å². The Bertz CT molecular complexity index is 957. The standard InChI is InChI=1S/C19H14FNO5S/c20-12-1-3-14(4-2-12)23-9-18-21-13(10-27-18)7-19(22)26-15-5-6-16-17(8-15)25-11-24-16/h1-6,8,10H,7,9,11H2. The lowest BCUT2D eigenvalue weighted by atomic mass is 10.3. The molecule has 0 bridgehead atoms. The summed E-state index contributed by atoms with van der Waals surface area (Å²) in [6, 6.07) is 10.7. The van der Waals surface area contributed by atoms with Crippen LogP contribution >= 0.6 is 11.3 Å². The molecule has 2 heterocycles. The van der Waals surface area contributed by atoms with Gasteiger partial charge in [0.1, 0.15) is 28.9 Å². The van der Waals surface area contributed by atoms with Gasteiger partial charge in [0.15, 0.2) is 11.5 Å². The molecule has 0 radical (unpaired) electrons. The minimum absolute atomic E-state index is 0.0431. The van der Waals surface area contributed by atoms with Crippen molar-refractivity contribution in [2.45, 2.75) is 13.0 Å². The van der Waals surface area contributed by atoms with Gasteiger partial charge in [-0.2, -0.15) is 0 Å². The third-order valence-corrected chi connectivity index (χ3v) is 4.55. The lowest BCUT2D eigenvalue weighted by molar-refractivity contribution is -0.133. The second kappa shape index (κ2) is 7.63. The van der Waals surface area contributed by atoms with Gasteiger partial charge in [-0.05, 0) is 36.4 Å². The van der Waals surface area contributed by atoms with Gasteiger partial charge in [-0.3, -0.25) is 4.79 Å². The van der Waals surface area contributed by atoms with Crippen molar-refractivity contribution in [3.05, 3.63) is 64.4 Å². The summed E-state index contributed by atoms with van der Waals surface area (Å²) in [5.74, 6) is 1.37. The van der Waals surface area contributed by atoms with E-state index in [9.17, 15) is 9.18 Å². The van der Waals surface area contributed by atoms with Gasteiger partial charge in [-0.15, -0.1) is 11.3 Å². The number of aromatic nitrogens is 1. The van der Waals surface area contributed by atoms with Crippen molar-refractivity contribution in [1.29, 1.82) is 0 Å². The number of benzene rings is 2. The number of fused-ring (bicyclic) bond motifs is 1. The number of carbonyl (C=O) groups excluding carboxylic acids is 1. The summed E-state index contributed by atoms with van der Waals surface area (Å²) in [4.78, 5) is 16.5. The number of rotatable bonds is 6. The van der Waals surface area contributed by atoms with Crippen LogP contribution in [0.4, 0.5) is 4.39 Å². The van der Waals surface area contributed by atoms with Crippen LogP contribution in [0.5, 0.6) is 23.0 Å². The number of thiazole rings is 1. The van der Waals surface area contributed by atoms with Crippen LogP contribution < -0.4 is 18.9 Å². The number of esters is 1. The van der Waals surface area contributed by atoms with E-state index in [0.717, 1.165) is 0 Å². The first-order valence-electron chi connectivity index (χ1n) is 8.08. The van der Waals surface area contributed by atoms with Gasteiger partial charge < -0.3 is 18.9 Å². The number of hydrogen-bond acceptors (Lipinski definition) is 7. The summed E-state index contributed by atoms with van der Waals surface area (Å²) in [5, 5.41) is 2.50. The van der Waals surface area contributed by atoms with Crippen LogP contribution in [0.3, 0.4) is 0 Å². The van der Waals surface area contributed by atoms with Gasteiger partial charge in [-0.25, -0.2) is 9.37 Å². The molecule has 0 atom stereocenters. The second-order valence-corrected chi connectivity index (χ2v) is 6.58. The van der Waals surface area contributed by atoms with Crippen molar-refractivity contribution in [1.82, 2.24) is 4.98 Å². The second-order valence-electron chi connectivity index (χ2n) is 5.64. The molecule has 0 saturated heterocycles. The van der Waals surface area contributed by atoms with Gasteiger partial charge >= 0.3 is 5.97 Å². The molecule has 0 unspecified atom stereocenters. The number of halogens is 1. The average Bonchev–Trinajstić information content (AvgIpc) is 3.30. The van der Waals surface area contributed by atoms with Crippen molar-refractivity contribution < 1.29 is 28.1 Å². The van der Waals surface area contributed by atoms with E-state index in [1.807, 2.05) is 0 Å². The zero-order valence-electron chi connectivity index (χ0n) is 14.0. The molecule has 0 saturated carbocycles. The molecule has 0 amide bonds. The van der Waals surface area contributed by atoms with Crippen molar-refractivity contribution >= 4 is 17.3 Å². The Hall–Kier alpha value is -3.13. The van der Waals surface area contributed by atoms with Crippen LogP contribution in [0.15, 0.2) is 47.8 Å². The smallest absolute Gasteiger partial charge is 0.317 e. The molecule has 6 nitrogen and oxygen atoms in total. The Labute approximate surface area is 158 Å². The molecule has 0 spiro atoms. The zero-order valence-corrected chi connectivity index (χ0v) is 14.8. The largest absolute Gasteiger partial charge is 0.486 e. The molecule has 1 aliphatic heterocycles. The van der Waals surface area contributed by atoms with Gasteiger partial charge in [0, 0.05) is 11.4 Å². The van der Waals surface area contributed by atoms with Crippen LogP contribution in [0.25, 0.3) is 0 Å². The first-order chi connectivity index (χ1) is 13.2. The van der Waals surface area contributed by atoms with E-state index < -0.39 is 5.97 Å². The van der Waals surface area contributed by atoms with E-state index >= 15 is 0 Å². The van der Waals surface area contributed by atoms with Gasteiger partial charge in [0.25, 0.3) is 0 Å². The molecule has 0 fully saturated rings. The van der Waals surface area contributed by atoms with Gasteiger partial charge in [0.05, 0.1) is 12.1 Å². The Morgan fingerprint density at radius 2 is 1.89 bits per heavy atom. The number of carbonyl (C=O) groups is 1. The molecular formula is C19H14FNO5S. The fraction of sp³-hybridized carbons (Fsp3) is 0.158. The third-order valence-electron chi connectivity index (χ3n) is 3.68. The zero-order chi connectivity index (χ0) is 18.6. The lowest BCUT2D eigenvalue weighted by Gasteiger charge is -2.04. The Morgan fingerprint density at radius 3 is 2.74 bits per heavy atom. The van der Waals surface area contributed by atoms with Crippen molar-refractivity contribution in [3.63, 3.8) is 0 Å². The SMILES string of the molecule is O=C(Cc1csc(COc2ccc(F)cc2)n1)Oc1ccc2c(c1)OCO2. The fourth-order valence-electron chi connectivity index (χ4n) is 2.43. The predicted molar refractivity (Wildman–Crippen MR) is 94.8 cm³/mol. The minimum Gasteiger partial charge on any atom is -0.486 e. The van der Waals surface area contributed by atoms with Crippen LogP contribution in [-0.2, 0) is 17.8 Å². The quantitative estimate of drug-likeness (QED) is 0.474. The van der Waals surface area contributed by atoms with Crippen molar-refractivity contribution in [3.8, 4) is 23.0 Å². The van der Waals surface area contributed by atoms with Gasteiger partial charge in [0.2, 0.25) is 6.79 Å². The van der Waals surface area contributed by atoms with E-state index in [-0.39, 0.29) is 25.6 Å². The molecular weight excluding hydrogens is 373 g/mol. The predicted octanol–water partition coefficient (Wildman–Crippen LogP) is 3.74. The Morgan fingerprint density at radius 1 is 1.11 bits per heavy atom. The molecule has 8 heteroatoms. The highest BCUT2D eigenvalue weighted by Crippen LogP contribution is 2.35. The maximum absolute atomic E-state index is 12.9. The molecule has 0 N–H and O–H groups in total. The van der Waals surface area contributed by atoms with Crippen molar-refractivity contribution in [2.24, 2.45) is 0 Å². The summed E-state index contributed by atoms with van der Waals surface area (Å²) < 4.78 is 34.2. The summed E-state index contributed by atoms with van der Waals surface area (Å²) >= 11 is 1.38. The van der Waals surface area contributed by atoms with Crippen LogP contribution in [0, 0.1) is 5.82 Å². The maximum atomic E-state index is 12.9. The molecule has 3 aromatic rings. The van der Waals surface area contributed by atoms with Crippen LogP contribution in [0.1, 0.15) is 10.7 Å². The molecule has 1 aromatic heterocycles. The van der Waals surface area contributed by atoms with E-state index in [4.69, 9.17) is 18.9 Å². The number of hydrogen-bond donors (Lipinski definition) is 0. The average molecular weight is 387 g/mol. The highest BCUT2D eigenvalue weighted by molar-refractivity contribution is 7.09. The molecule has 0 aliphatic carbocycles. The topological polar surface area (TPSA) is 66.9 Å². The van der Waals surface area contributed by atoms with E-state index in [0.29, 0.717) is 33.7 Å². The normalized spacial score (nSPS) is 12.0. The molecule has 4 rings (SSSR count). The first kappa shape index (κ1) is 17.3. The summed E-state index contributed by atoms with van der Waals surface area (Å²) in [6.45, 7) is 0.405. The highest BCUT2D eigenvalue weighted by atomic mass is 32.1. The van der Waals surface area contributed by atoms with Gasteiger partial charge in [-0.1, -0.05) is 0 Å². The Balaban J connectivity index is 1.30. The van der Waals surface area contributed by atoms with E-state index in [1.54, 1.807) is 35.7 Å². The van der Waals surface area contributed by atoms with Crippen LogP contribution in [0.2, 0.25) is 0 Å². The van der Waals surface area contributed by atoms with Crippen molar-refractivity contribution in [2.75, 3.05) is 6.79 Å². The first-order valence-corrected chi connectivity index (χ1v) is 8.96. The minimum atomic E-state index is -0.426. The summed E-state index contributed by atoms with van der Waals surface area (Å²) in [7, 11) is 0. The number of nitrogens with zero attached hydrogens (tertiary/aromatic N) is 1. The molecule has 1 aliphatic rings. The molecule has 2 aromatic carbocycles. The number of ether oxygens (including phenoxy) is 4. The summed E-state index contributed by atoms with van der Waals surface area (Å²) in [5.41, 5.74) is 0.600. The Kier molecular flexibility index (Phi) is 4.88. The fourth-order valence-corrected chi connectivity index (χ4v) is 3.13. The monoisotopic (exact) mass is 387 g/mol. The molecule has 138 valence electrons. The van der Waals surface area contributed by atoms with E-state index in [1.165, 1.54) is 23.5 Å². The highest BCUT2D eigenvalue weighted by Gasteiger charge is 2.16. The molecule has 27 heavy (non-hydrogen) atoms. The summed E-state index contributed by atoms with van der Waals surface area (Å²) in [6.07, 6.45) is 0.0431. The lowest BCUT2D eigenvalue weighted by Crippen LogP contribution is -2.11. The van der Waals surface area contributed by atoms with Crippen LogP contribution in [-0.4, -0.2) is 17.7 Å². The maximum Gasteiger partial charge on any atom is 0.317 e.